The van der Waals surface area contributed by atoms with Crippen LogP contribution >= 0.6 is 12.2 Å². The summed E-state index contributed by atoms with van der Waals surface area (Å²) in [6.45, 7) is 3.69. The maximum Gasteiger partial charge on any atom is 0.339 e. The molecule has 15 heavy (non-hydrogen) atoms. The summed E-state index contributed by atoms with van der Waals surface area (Å²) in [5.41, 5.74) is 0.835. The standard InChI is InChI=1S/C10H10N2O2S/c1-3-14-10(13)8-4-7(5-11)9(15)12-6(8)2/h4,7H,3H2,1-2H3. The number of nitrogens with zero attached hydrogens (tertiary/aromatic N) is 2. The number of hydrogen-bond donors (Lipinski definition) is 0. The van der Waals surface area contributed by atoms with Crippen molar-refractivity contribution in [3.8, 4) is 6.07 Å². The van der Waals surface area contributed by atoms with E-state index in [-0.39, 0.29) is 0 Å². The highest BCUT2D eigenvalue weighted by Gasteiger charge is 2.23. The first-order valence-corrected chi connectivity index (χ1v) is 4.89. The Balaban J connectivity index is 2.98. The average molecular weight is 222 g/mol. The zero-order chi connectivity index (χ0) is 11.4. The number of carbonyl (C=O) groups excluding carboxylic acids is 1. The third-order valence-electron chi connectivity index (χ3n) is 1.90. The highest BCUT2D eigenvalue weighted by molar-refractivity contribution is 7.80. The molecule has 0 radical (unpaired) electrons. The molecule has 0 spiro atoms. The molecular weight excluding hydrogens is 212 g/mol. The quantitative estimate of drug-likeness (QED) is 0.523. The lowest BCUT2D eigenvalue weighted by Gasteiger charge is -2.14. The smallest absolute Gasteiger partial charge is 0.339 e. The molecule has 1 heterocycles. The van der Waals surface area contributed by atoms with E-state index in [4.69, 9.17) is 22.2 Å². The van der Waals surface area contributed by atoms with E-state index in [0.29, 0.717) is 22.9 Å². The number of carbonyl (C=O) groups is 1. The summed E-state index contributed by atoms with van der Waals surface area (Å²) in [5.74, 6) is -1.07. The van der Waals surface area contributed by atoms with E-state index in [1.54, 1.807) is 13.8 Å². The second-order valence-electron chi connectivity index (χ2n) is 2.94. The van der Waals surface area contributed by atoms with Crippen LogP contribution in [0, 0.1) is 17.2 Å². The molecule has 1 atom stereocenters. The first-order valence-electron chi connectivity index (χ1n) is 4.48. The lowest BCUT2D eigenvalue weighted by Crippen LogP contribution is -2.22. The second-order valence-corrected chi connectivity index (χ2v) is 3.36. The SMILES string of the molecule is CCOC(=O)C1=CC(C#N)C(=S)N=C1C. The van der Waals surface area contributed by atoms with E-state index in [2.05, 4.69) is 4.99 Å². The van der Waals surface area contributed by atoms with E-state index in [1.165, 1.54) is 6.08 Å². The van der Waals surface area contributed by atoms with Crippen LogP contribution in [0.25, 0.3) is 0 Å². The summed E-state index contributed by atoms with van der Waals surface area (Å²) in [6, 6.07) is 1.97. The van der Waals surface area contributed by atoms with Crippen LogP contribution < -0.4 is 0 Å². The molecule has 0 N–H and O–H groups in total. The molecule has 1 aliphatic heterocycles. The van der Waals surface area contributed by atoms with E-state index in [9.17, 15) is 4.79 Å². The molecule has 1 rings (SSSR count). The molecule has 0 saturated carbocycles. The van der Waals surface area contributed by atoms with E-state index < -0.39 is 11.9 Å². The van der Waals surface area contributed by atoms with Crippen LogP contribution in [0.4, 0.5) is 0 Å². The third-order valence-corrected chi connectivity index (χ3v) is 2.25. The zero-order valence-corrected chi connectivity index (χ0v) is 9.30. The minimum atomic E-state index is -0.608. The number of esters is 1. The van der Waals surface area contributed by atoms with Crippen molar-refractivity contribution in [2.24, 2.45) is 10.9 Å². The van der Waals surface area contributed by atoms with Gasteiger partial charge in [-0.15, -0.1) is 0 Å². The Hall–Kier alpha value is -1.54. The van der Waals surface area contributed by atoms with Crippen molar-refractivity contribution in [2.75, 3.05) is 6.61 Å². The highest BCUT2D eigenvalue weighted by atomic mass is 32.1. The summed E-state index contributed by atoms with van der Waals surface area (Å²) in [4.78, 5) is 15.7. The molecule has 78 valence electrons. The minimum Gasteiger partial charge on any atom is -0.462 e. The number of ether oxygens (including phenoxy) is 1. The van der Waals surface area contributed by atoms with E-state index in [1.807, 2.05) is 6.07 Å². The van der Waals surface area contributed by atoms with Crippen molar-refractivity contribution in [3.63, 3.8) is 0 Å². The Bertz CT molecular complexity index is 404. The summed E-state index contributed by atoms with van der Waals surface area (Å²) in [6.07, 6.45) is 1.50. The van der Waals surface area contributed by atoms with Crippen molar-refractivity contribution in [1.82, 2.24) is 0 Å². The van der Waals surface area contributed by atoms with Gasteiger partial charge in [0.15, 0.2) is 0 Å². The van der Waals surface area contributed by atoms with Gasteiger partial charge < -0.3 is 4.74 Å². The van der Waals surface area contributed by atoms with Crippen LogP contribution in [0.15, 0.2) is 16.6 Å². The average Bonchev–Trinajstić information content (AvgIpc) is 2.18. The Morgan fingerprint density at radius 1 is 1.80 bits per heavy atom. The molecular formula is C10H10N2O2S. The Morgan fingerprint density at radius 2 is 2.47 bits per heavy atom. The maximum atomic E-state index is 11.5. The summed E-state index contributed by atoms with van der Waals surface area (Å²) < 4.78 is 4.84. The topological polar surface area (TPSA) is 62.5 Å². The molecule has 5 heteroatoms. The number of hydrogen-bond acceptors (Lipinski definition) is 4. The number of nitriles is 1. The predicted molar refractivity (Wildman–Crippen MR) is 59.5 cm³/mol. The van der Waals surface area contributed by atoms with Gasteiger partial charge in [-0.2, -0.15) is 5.26 Å². The summed E-state index contributed by atoms with van der Waals surface area (Å²) >= 11 is 4.90. The van der Waals surface area contributed by atoms with Crippen molar-refractivity contribution in [1.29, 1.82) is 5.26 Å². The van der Waals surface area contributed by atoms with Crippen molar-refractivity contribution in [2.45, 2.75) is 13.8 Å². The molecule has 0 aromatic carbocycles. The Morgan fingerprint density at radius 3 is 3.00 bits per heavy atom. The monoisotopic (exact) mass is 222 g/mol. The second kappa shape index (κ2) is 4.80. The van der Waals surface area contributed by atoms with Crippen molar-refractivity contribution < 1.29 is 9.53 Å². The summed E-state index contributed by atoms with van der Waals surface area (Å²) in [7, 11) is 0. The first kappa shape index (κ1) is 11.5. The molecule has 4 nitrogen and oxygen atoms in total. The normalized spacial score (nSPS) is 20.1. The lowest BCUT2D eigenvalue weighted by molar-refractivity contribution is -0.137. The molecule has 1 unspecified atom stereocenters. The molecule has 0 aromatic rings. The maximum absolute atomic E-state index is 11.5. The van der Waals surface area contributed by atoms with Crippen LogP contribution in [0.5, 0.6) is 0 Å². The third kappa shape index (κ3) is 2.48. The van der Waals surface area contributed by atoms with Crippen LogP contribution in [0.1, 0.15) is 13.8 Å². The predicted octanol–water partition coefficient (Wildman–Crippen LogP) is 1.42. The van der Waals surface area contributed by atoms with Crippen LogP contribution in [-0.2, 0) is 9.53 Å². The minimum absolute atomic E-state index is 0.294. The van der Waals surface area contributed by atoms with Gasteiger partial charge in [0.05, 0.1) is 24.0 Å². The number of aliphatic imine (C=N–C) groups is 1. The van der Waals surface area contributed by atoms with Crippen LogP contribution in [0.3, 0.4) is 0 Å². The largest absolute Gasteiger partial charge is 0.462 e. The van der Waals surface area contributed by atoms with Crippen LogP contribution in [-0.4, -0.2) is 23.3 Å². The first-order chi connectivity index (χ1) is 7.10. The number of thiocarbonyl (C=S) groups is 1. The number of dihydropyridines is 1. The fourth-order valence-corrected chi connectivity index (χ4v) is 1.43. The van der Waals surface area contributed by atoms with E-state index >= 15 is 0 Å². The molecule has 1 aliphatic rings. The van der Waals surface area contributed by atoms with Crippen LogP contribution in [0.2, 0.25) is 0 Å². The fraction of sp³-hybridized carbons (Fsp3) is 0.400. The van der Waals surface area contributed by atoms with Gasteiger partial charge >= 0.3 is 5.97 Å². The van der Waals surface area contributed by atoms with Gasteiger partial charge in [-0.3, -0.25) is 0 Å². The Kier molecular flexibility index (Phi) is 3.69. The van der Waals surface area contributed by atoms with Gasteiger partial charge in [-0.05, 0) is 19.9 Å². The molecule has 0 fully saturated rings. The number of rotatable bonds is 2. The Labute approximate surface area is 93.3 Å². The molecule has 0 bridgehead atoms. The molecule has 0 aliphatic carbocycles. The molecule has 0 amide bonds. The van der Waals surface area contributed by atoms with Gasteiger partial charge in [0.2, 0.25) is 0 Å². The van der Waals surface area contributed by atoms with Gasteiger partial charge in [0.1, 0.15) is 10.9 Å². The van der Waals surface area contributed by atoms with E-state index in [0.717, 1.165) is 0 Å². The highest BCUT2D eigenvalue weighted by Crippen LogP contribution is 2.16. The zero-order valence-electron chi connectivity index (χ0n) is 8.48. The van der Waals surface area contributed by atoms with Gasteiger partial charge in [0.25, 0.3) is 0 Å². The lowest BCUT2D eigenvalue weighted by atomic mass is 10.0. The van der Waals surface area contributed by atoms with Crippen molar-refractivity contribution >= 4 is 28.9 Å². The summed E-state index contributed by atoms with van der Waals surface area (Å²) in [5, 5.41) is 8.77. The van der Waals surface area contributed by atoms with Gasteiger partial charge in [-0.1, -0.05) is 12.2 Å². The fourth-order valence-electron chi connectivity index (χ4n) is 1.17. The van der Waals surface area contributed by atoms with Gasteiger partial charge in [0, 0.05) is 0 Å². The molecule has 0 saturated heterocycles. The van der Waals surface area contributed by atoms with Gasteiger partial charge in [-0.25, -0.2) is 9.79 Å². The molecule has 0 aromatic heterocycles. The van der Waals surface area contributed by atoms with Crippen molar-refractivity contribution in [3.05, 3.63) is 11.6 Å².